The van der Waals surface area contributed by atoms with Crippen molar-refractivity contribution in [3.63, 3.8) is 0 Å². The van der Waals surface area contributed by atoms with Crippen LogP contribution in [-0.2, 0) is 4.79 Å². The lowest BCUT2D eigenvalue weighted by Gasteiger charge is -2.21. The number of rotatable bonds is 6. The molecule has 1 rings (SSSR count). The lowest BCUT2D eigenvalue weighted by atomic mass is 10.1. The van der Waals surface area contributed by atoms with Crippen molar-refractivity contribution in [3.05, 3.63) is 18.2 Å². The van der Waals surface area contributed by atoms with Gasteiger partial charge in [0, 0.05) is 6.07 Å². The number of methoxy groups -OCH3 is 2. The van der Waals surface area contributed by atoms with E-state index in [2.05, 4.69) is 5.32 Å². The molecule has 0 heterocycles. The number of anilines is 1. The van der Waals surface area contributed by atoms with Gasteiger partial charge in [-0.1, -0.05) is 13.8 Å². The smallest absolute Gasteiger partial charge is 0.244 e. The van der Waals surface area contributed by atoms with Gasteiger partial charge in [0.2, 0.25) is 5.24 Å². The van der Waals surface area contributed by atoms with Gasteiger partial charge < -0.3 is 14.8 Å². The number of halogens is 1. The van der Waals surface area contributed by atoms with Gasteiger partial charge in [-0.3, -0.25) is 4.79 Å². The predicted molar refractivity (Wildman–Crippen MR) is 72.7 cm³/mol. The lowest BCUT2D eigenvalue weighted by Crippen LogP contribution is -2.31. The van der Waals surface area contributed by atoms with E-state index in [1.54, 1.807) is 32.4 Å². The molecule has 1 aromatic carbocycles. The lowest BCUT2D eigenvalue weighted by molar-refractivity contribution is -0.113. The molecule has 1 atom stereocenters. The summed E-state index contributed by atoms with van der Waals surface area (Å²) in [4.78, 5) is 11.3. The molecule has 0 spiro atoms. The number of carbonyl (C=O) groups excluding carboxylic acids is 1. The molecular weight excluding hydrogens is 254 g/mol. The van der Waals surface area contributed by atoms with Gasteiger partial charge in [0.05, 0.1) is 19.9 Å². The van der Waals surface area contributed by atoms with Gasteiger partial charge in [-0.15, -0.1) is 0 Å². The Bertz CT molecular complexity index is 421. The number of nitrogens with one attached hydrogen (secondary N) is 1. The van der Waals surface area contributed by atoms with E-state index in [0.29, 0.717) is 17.2 Å². The zero-order valence-corrected chi connectivity index (χ0v) is 11.7. The van der Waals surface area contributed by atoms with Crippen LogP contribution >= 0.6 is 11.6 Å². The molecule has 1 N–H and O–H groups in total. The summed E-state index contributed by atoms with van der Waals surface area (Å²) in [5, 5.41) is 2.67. The minimum atomic E-state index is -0.450. The maximum absolute atomic E-state index is 11.3. The summed E-state index contributed by atoms with van der Waals surface area (Å²) in [6, 6.07) is 4.89. The molecule has 0 saturated heterocycles. The fourth-order valence-electron chi connectivity index (χ4n) is 1.57. The van der Waals surface area contributed by atoms with Crippen LogP contribution in [0.5, 0.6) is 11.5 Å². The molecule has 5 heteroatoms. The topological polar surface area (TPSA) is 47.6 Å². The van der Waals surface area contributed by atoms with Gasteiger partial charge in [-0.2, -0.15) is 0 Å². The van der Waals surface area contributed by atoms with Crippen molar-refractivity contribution in [2.75, 3.05) is 19.5 Å². The second-order valence-corrected chi connectivity index (χ2v) is 4.61. The highest BCUT2D eigenvalue weighted by Crippen LogP contribution is 2.30. The van der Waals surface area contributed by atoms with Crippen LogP contribution in [0.1, 0.15) is 13.8 Å². The van der Waals surface area contributed by atoms with Crippen molar-refractivity contribution in [3.8, 4) is 11.5 Å². The Morgan fingerprint density at radius 2 is 1.94 bits per heavy atom. The summed E-state index contributed by atoms with van der Waals surface area (Å²) >= 11 is 5.58. The van der Waals surface area contributed by atoms with Crippen LogP contribution in [0.4, 0.5) is 5.69 Å². The van der Waals surface area contributed by atoms with E-state index < -0.39 is 11.3 Å². The number of hydrogen-bond acceptors (Lipinski definition) is 4. The standard InChI is InChI=1S/C13H18ClNO3/c1-8(2)12(13(14)16)15-10-6-5-9(17-3)7-11(10)18-4/h5-8,12,15H,1-4H3. The first-order valence-electron chi connectivity index (χ1n) is 5.67. The minimum absolute atomic E-state index is 0.0850. The average molecular weight is 272 g/mol. The first kappa shape index (κ1) is 14.6. The van der Waals surface area contributed by atoms with Gasteiger partial charge in [0.1, 0.15) is 17.5 Å². The molecule has 0 aliphatic heterocycles. The van der Waals surface area contributed by atoms with Gasteiger partial charge in [-0.25, -0.2) is 0 Å². The third-order valence-corrected chi connectivity index (χ3v) is 2.87. The summed E-state index contributed by atoms with van der Waals surface area (Å²) < 4.78 is 10.4. The van der Waals surface area contributed by atoms with Crippen molar-refractivity contribution in [2.24, 2.45) is 5.92 Å². The minimum Gasteiger partial charge on any atom is -0.497 e. The molecule has 0 amide bonds. The SMILES string of the molecule is COc1ccc(NC(C(=O)Cl)C(C)C)c(OC)c1. The molecule has 1 aromatic rings. The van der Waals surface area contributed by atoms with Crippen molar-refractivity contribution in [1.82, 2.24) is 0 Å². The van der Waals surface area contributed by atoms with E-state index in [-0.39, 0.29) is 5.92 Å². The van der Waals surface area contributed by atoms with Crippen molar-refractivity contribution in [1.29, 1.82) is 0 Å². The van der Waals surface area contributed by atoms with Crippen molar-refractivity contribution >= 4 is 22.5 Å². The Kier molecular flexibility index (Phi) is 5.28. The monoisotopic (exact) mass is 271 g/mol. The molecule has 100 valence electrons. The zero-order chi connectivity index (χ0) is 13.7. The maximum atomic E-state index is 11.3. The fraction of sp³-hybridized carbons (Fsp3) is 0.462. The van der Waals surface area contributed by atoms with Crippen LogP contribution in [0.3, 0.4) is 0 Å². The Balaban J connectivity index is 2.98. The summed E-state index contributed by atoms with van der Waals surface area (Å²) in [5.41, 5.74) is 0.714. The summed E-state index contributed by atoms with van der Waals surface area (Å²) in [5.74, 6) is 1.38. The highest BCUT2D eigenvalue weighted by molar-refractivity contribution is 6.65. The molecule has 0 aromatic heterocycles. The first-order chi connectivity index (χ1) is 8.49. The molecule has 1 unspecified atom stereocenters. The Morgan fingerprint density at radius 1 is 1.28 bits per heavy atom. The van der Waals surface area contributed by atoms with Crippen LogP contribution in [0.2, 0.25) is 0 Å². The van der Waals surface area contributed by atoms with E-state index in [9.17, 15) is 4.79 Å². The molecule has 0 aliphatic carbocycles. The predicted octanol–water partition coefficient (Wildman–Crippen LogP) is 2.91. The van der Waals surface area contributed by atoms with Gasteiger partial charge in [-0.05, 0) is 29.7 Å². The average Bonchev–Trinajstić information content (AvgIpc) is 2.34. The molecule has 18 heavy (non-hydrogen) atoms. The van der Waals surface area contributed by atoms with Gasteiger partial charge >= 0.3 is 0 Å². The largest absolute Gasteiger partial charge is 0.497 e. The van der Waals surface area contributed by atoms with E-state index >= 15 is 0 Å². The third-order valence-electron chi connectivity index (χ3n) is 2.63. The summed E-state index contributed by atoms with van der Waals surface area (Å²) in [6.07, 6.45) is 0. The Morgan fingerprint density at radius 3 is 2.39 bits per heavy atom. The summed E-state index contributed by atoms with van der Waals surface area (Å²) in [6.45, 7) is 3.85. The summed E-state index contributed by atoms with van der Waals surface area (Å²) in [7, 11) is 3.15. The Hall–Kier alpha value is -1.42. The molecule has 0 aliphatic rings. The van der Waals surface area contributed by atoms with Gasteiger partial charge in [0.25, 0.3) is 0 Å². The second-order valence-electron chi connectivity index (χ2n) is 4.24. The molecule has 0 saturated carbocycles. The molecule has 0 fully saturated rings. The van der Waals surface area contributed by atoms with Crippen LogP contribution in [0.25, 0.3) is 0 Å². The van der Waals surface area contributed by atoms with E-state index in [1.165, 1.54) is 0 Å². The van der Waals surface area contributed by atoms with Crippen LogP contribution < -0.4 is 14.8 Å². The molecular formula is C13H18ClNO3. The number of carbonyl (C=O) groups is 1. The second kappa shape index (κ2) is 6.50. The fourth-order valence-corrected chi connectivity index (χ4v) is 1.88. The molecule has 0 radical (unpaired) electrons. The molecule has 4 nitrogen and oxygen atoms in total. The van der Waals surface area contributed by atoms with Crippen LogP contribution in [0.15, 0.2) is 18.2 Å². The quantitative estimate of drug-likeness (QED) is 0.808. The Labute approximate surface area is 112 Å². The van der Waals surface area contributed by atoms with Gasteiger partial charge in [0.15, 0.2) is 0 Å². The van der Waals surface area contributed by atoms with E-state index in [0.717, 1.165) is 0 Å². The van der Waals surface area contributed by atoms with E-state index in [1.807, 2.05) is 13.8 Å². The number of hydrogen-bond donors (Lipinski definition) is 1. The first-order valence-corrected chi connectivity index (χ1v) is 6.05. The highest BCUT2D eigenvalue weighted by Gasteiger charge is 2.21. The number of benzene rings is 1. The van der Waals surface area contributed by atoms with E-state index in [4.69, 9.17) is 21.1 Å². The van der Waals surface area contributed by atoms with Crippen molar-refractivity contribution < 1.29 is 14.3 Å². The molecule has 0 bridgehead atoms. The van der Waals surface area contributed by atoms with Crippen LogP contribution in [-0.4, -0.2) is 25.5 Å². The van der Waals surface area contributed by atoms with Crippen LogP contribution in [0, 0.1) is 5.92 Å². The normalized spacial score (nSPS) is 12.1. The zero-order valence-electron chi connectivity index (χ0n) is 11.0. The highest BCUT2D eigenvalue weighted by atomic mass is 35.5. The third kappa shape index (κ3) is 3.53. The number of ether oxygens (including phenoxy) is 2. The maximum Gasteiger partial charge on any atom is 0.244 e. The van der Waals surface area contributed by atoms with Crippen molar-refractivity contribution in [2.45, 2.75) is 19.9 Å².